The number of hydrogen-bond acceptors (Lipinski definition) is 5. The van der Waals surface area contributed by atoms with E-state index in [0.717, 1.165) is 5.70 Å². The van der Waals surface area contributed by atoms with E-state index in [0.29, 0.717) is 6.54 Å². The van der Waals surface area contributed by atoms with Crippen LogP contribution >= 0.6 is 0 Å². The summed E-state index contributed by atoms with van der Waals surface area (Å²) in [6.45, 7) is 3.90. The second-order valence-electron chi connectivity index (χ2n) is 3.21. The van der Waals surface area contributed by atoms with Crippen LogP contribution in [0.4, 0.5) is 0 Å². The van der Waals surface area contributed by atoms with Crippen LogP contribution in [0.3, 0.4) is 0 Å². The Labute approximate surface area is 100 Å². The highest BCUT2D eigenvalue weighted by Gasteiger charge is 2.10. The quantitative estimate of drug-likeness (QED) is 0.627. The van der Waals surface area contributed by atoms with Crippen molar-refractivity contribution in [3.8, 4) is 0 Å². The van der Waals surface area contributed by atoms with Crippen LogP contribution in [-0.4, -0.2) is 25.2 Å². The fraction of sp³-hybridized carbons (Fsp3) is 0.222. The first-order chi connectivity index (χ1) is 7.97. The molecule has 0 spiro atoms. The fourth-order valence-electron chi connectivity index (χ4n) is 1.11. The largest absolute Gasteiger partial charge is 0.389 e. The van der Waals surface area contributed by atoms with Gasteiger partial charge in [0.1, 0.15) is 4.90 Å². The smallest absolute Gasteiger partial charge is 0.241 e. The van der Waals surface area contributed by atoms with Gasteiger partial charge in [0.25, 0.3) is 0 Å². The molecule has 0 bridgehead atoms. The van der Waals surface area contributed by atoms with Crippen molar-refractivity contribution in [2.75, 3.05) is 7.05 Å². The van der Waals surface area contributed by atoms with Gasteiger partial charge in [0.2, 0.25) is 10.0 Å². The topological polar surface area (TPSA) is 102 Å². The first-order valence-corrected chi connectivity index (χ1v) is 6.31. The highest BCUT2D eigenvalue weighted by molar-refractivity contribution is 7.89. The van der Waals surface area contributed by atoms with E-state index < -0.39 is 10.0 Å². The molecule has 0 unspecified atom stereocenters. The zero-order chi connectivity index (χ0) is 12.9. The molecule has 94 valence electrons. The third-order valence-electron chi connectivity index (χ3n) is 1.97. The Hall–Kier alpha value is -1.80. The number of rotatable bonds is 6. The average Bonchev–Trinajstić information content (AvgIpc) is 2.72. The van der Waals surface area contributed by atoms with Crippen LogP contribution in [0.1, 0.15) is 0 Å². The van der Waals surface area contributed by atoms with Gasteiger partial charge in [-0.3, -0.25) is 4.68 Å². The van der Waals surface area contributed by atoms with Crippen molar-refractivity contribution >= 4 is 10.0 Å². The maximum Gasteiger partial charge on any atom is 0.241 e. The summed E-state index contributed by atoms with van der Waals surface area (Å²) in [5.74, 6) is 0. The van der Waals surface area contributed by atoms with E-state index in [4.69, 9.17) is 5.14 Å². The van der Waals surface area contributed by atoms with E-state index in [2.05, 4.69) is 22.3 Å². The molecule has 0 aromatic carbocycles. The van der Waals surface area contributed by atoms with Crippen molar-refractivity contribution in [1.29, 1.82) is 0 Å². The molecule has 0 aliphatic rings. The number of nitrogens with zero attached hydrogens (tertiary/aromatic N) is 2. The van der Waals surface area contributed by atoms with E-state index >= 15 is 0 Å². The Morgan fingerprint density at radius 3 is 2.88 bits per heavy atom. The summed E-state index contributed by atoms with van der Waals surface area (Å²) >= 11 is 0. The van der Waals surface area contributed by atoms with Crippen LogP contribution in [-0.2, 0) is 16.6 Å². The molecule has 1 rings (SSSR count). The first kappa shape index (κ1) is 13.3. The average molecular weight is 257 g/mol. The number of sulfonamides is 1. The minimum atomic E-state index is -3.70. The summed E-state index contributed by atoms with van der Waals surface area (Å²) in [7, 11) is -1.95. The second-order valence-corrected chi connectivity index (χ2v) is 4.77. The SMILES string of the molecule is C=CN/C=C(/Cn1cc(S(N)(=O)=O)cn1)NC. The van der Waals surface area contributed by atoms with Crippen molar-refractivity contribution in [2.24, 2.45) is 5.14 Å². The van der Waals surface area contributed by atoms with Gasteiger partial charge in [-0.2, -0.15) is 5.10 Å². The third kappa shape index (κ3) is 3.93. The van der Waals surface area contributed by atoms with Crippen LogP contribution in [0.2, 0.25) is 0 Å². The lowest BCUT2D eigenvalue weighted by Crippen LogP contribution is -2.16. The van der Waals surface area contributed by atoms with Gasteiger partial charge in [-0.05, 0) is 6.20 Å². The molecule has 0 amide bonds. The summed E-state index contributed by atoms with van der Waals surface area (Å²) in [5.41, 5.74) is 0.814. The molecule has 17 heavy (non-hydrogen) atoms. The van der Waals surface area contributed by atoms with Crippen molar-refractivity contribution < 1.29 is 8.42 Å². The van der Waals surface area contributed by atoms with Crippen LogP contribution < -0.4 is 15.8 Å². The number of nitrogens with one attached hydrogen (secondary N) is 2. The zero-order valence-corrected chi connectivity index (χ0v) is 10.2. The Morgan fingerprint density at radius 1 is 1.71 bits per heavy atom. The zero-order valence-electron chi connectivity index (χ0n) is 9.42. The van der Waals surface area contributed by atoms with Gasteiger partial charge in [-0.25, -0.2) is 13.6 Å². The highest BCUT2D eigenvalue weighted by Crippen LogP contribution is 2.05. The number of allylic oxidation sites excluding steroid dienone is 1. The highest BCUT2D eigenvalue weighted by atomic mass is 32.2. The van der Waals surface area contributed by atoms with Crippen molar-refractivity contribution in [2.45, 2.75) is 11.4 Å². The predicted octanol–water partition coefficient (Wildman–Crippen LogP) is -0.676. The first-order valence-electron chi connectivity index (χ1n) is 4.76. The fourth-order valence-corrected chi connectivity index (χ4v) is 1.57. The predicted molar refractivity (Wildman–Crippen MR) is 64.1 cm³/mol. The second kappa shape index (κ2) is 5.51. The van der Waals surface area contributed by atoms with Gasteiger partial charge in [-0.15, -0.1) is 0 Å². The van der Waals surface area contributed by atoms with Crippen LogP contribution in [0.5, 0.6) is 0 Å². The van der Waals surface area contributed by atoms with Gasteiger partial charge in [0, 0.05) is 25.1 Å². The number of aromatic nitrogens is 2. The standard InChI is InChI=1S/C9H15N5O2S/c1-3-12-4-8(11-2)6-14-7-9(5-13-14)17(10,15)16/h3-5,7,11-12H,1,6H2,2H3,(H2,10,15,16)/b8-4-. The van der Waals surface area contributed by atoms with Gasteiger partial charge >= 0.3 is 0 Å². The lowest BCUT2D eigenvalue weighted by molar-refractivity contribution is 0.597. The molecule has 1 heterocycles. The van der Waals surface area contributed by atoms with Gasteiger partial charge in [0.15, 0.2) is 0 Å². The summed E-state index contributed by atoms with van der Waals surface area (Å²) in [5, 5.41) is 14.6. The number of nitrogens with two attached hydrogens (primary N) is 1. The summed E-state index contributed by atoms with van der Waals surface area (Å²) in [6.07, 6.45) is 5.81. The molecule has 0 atom stereocenters. The van der Waals surface area contributed by atoms with E-state index in [-0.39, 0.29) is 4.90 Å². The number of likely N-dealkylation sites (N-methyl/N-ethyl adjacent to an activating group) is 1. The number of primary sulfonamides is 1. The molecular weight excluding hydrogens is 242 g/mol. The third-order valence-corrected chi connectivity index (χ3v) is 2.83. The summed E-state index contributed by atoms with van der Waals surface area (Å²) in [6, 6.07) is 0. The van der Waals surface area contributed by atoms with Crippen LogP contribution in [0.25, 0.3) is 0 Å². The molecule has 7 nitrogen and oxygen atoms in total. The normalized spacial score (nSPS) is 12.2. The molecule has 0 aliphatic carbocycles. The minimum absolute atomic E-state index is 0.00960. The number of hydrogen-bond donors (Lipinski definition) is 3. The van der Waals surface area contributed by atoms with E-state index in [1.54, 1.807) is 13.2 Å². The molecule has 4 N–H and O–H groups in total. The van der Waals surface area contributed by atoms with Crippen LogP contribution in [0.15, 0.2) is 42.0 Å². The molecule has 1 aromatic rings. The maximum atomic E-state index is 11.0. The van der Waals surface area contributed by atoms with E-state index in [1.165, 1.54) is 23.3 Å². The summed E-state index contributed by atoms with van der Waals surface area (Å²) in [4.78, 5) is -0.00960. The molecule has 0 aliphatic heterocycles. The molecule has 0 saturated heterocycles. The summed E-state index contributed by atoms with van der Waals surface area (Å²) < 4.78 is 23.5. The van der Waals surface area contributed by atoms with Gasteiger partial charge in [0.05, 0.1) is 12.7 Å². The van der Waals surface area contributed by atoms with Gasteiger partial charge < -0.3 is 10.6 Å². The Bertz CT molecular complexity index is 517. The molecule has 0 fully saturated rings. The molecule has 0 radical (unpaired) electrons. The van der Waals surface area contributed by atoms with Crippen LogP contribution in [0, 0.1) is 0 Å². The molecular formula is C9H15N5O2S. The van der Waals surface area contributed by atoms with Crippen molar-refractivity contribution in [3.05, 3.63) is 37.1 Å². The molecule has 1 aromatic heterocycles. The monoisotopic (exact) mass is 257 g/mol. The molecule has 8 heteroatoms. The van der Waals surface area contributed by atoms with Crippen molar-refractivity contribution in [3.63, 3.8) is 0 Å². The minimum Gasteiger partial charge on any atom is -0.389 e. The lowest BCUT2D eigenvalue weighted by Gasteiger charge is -2.06. The molecule has 0 saturated carbocycles. The van der Waals surface area contributed by atoms with Gasteiger partial charge in [-0.1, -0.05) is 6.58 Å². The van der Waals surface area contributed by atoms with E-state index in [9.17, 15) is 8.42 Å². The Kier molecular flexibility index (Phi) is 4.30. The maximum absolute atomic E-state index is 11.0. The Morgan fingerprint density at radius 2 is 2.41 bits per heavy atom. The Balaban J connectivity index is 2.81. The van der Waals surface area contributed by atoms with E-state index in [1.807, 2.05) is 0 Å². The lowest BCUT2D eigenvalue weighted by atomic mass is 10.4. The van der Waals surface area contributed by atoms with Crippen molar-refractivity contribution in [1.82, 2.24) is 20.4 Å².